The summed E-state index contributed by atoms with van der Waals surface area (Å²) in [5.41, 5.74) is -12.5. The van der Waals surface area contributed by atoms with E-state index in [4.69, 9.17) is 0 Å². The minimum atomic E-state index is -6.33. The molecule has 42 heteroatoms. The van der Waals surface area contributed by atoms with Gasteiger partial charge in [0.15, 0.2) is 81.4 Å². The molecule has 0 atom stereocenters. The molecule has 0 fully saturated rings. The third-order valence-electron chi connectivity index (χ3n) is 10.7. The molecule has 88 heavy (non-hydrogen) atoms. The smallest absolute Gasteiger partial charge is 0.422 e. The van der Waals surface area contributed by atoms with Crippen molar-refractivity contribution < 1.29 is 168 Å². The molecule has 0 N–H and O–H groups in total. The largest absolute Gasteiger partial charge is 0.444 e. The van der Waals surface area contributed by atoms with Crippen molar-refractivity contribution in [1.82, 2.24) is 0 Å². The van der Waals surface area contributed by atoms with Gasteiger partial charge >= 0.3 is 18.5 Å². The van der Waals surface area contributed by atoms with Crippen molar-refractivity contribution >= 4 is 35.3 Å². The standard InChI is InChI=1S/C46F35NO3S3/c47-6-3(44(73,74)75)7(48)13(54)32(12(6)53)83-35-18(59)24(65)40(25(66)19(35)60)86-38-2(1-82)39(87-41-26(67)20(61)36(21(62)27(41)68)84-33-14(55)8(49)4(45(76,77)78)9(50)15(33)56)31(72)43(30(38)71)88-42-28(69)22(63)37(23(64)29(42)70)85-34-16(57)10(51)5(46(79,80)81)11(52)17(34)58. The normalized spacial score (nSPS) is 12.2. The fourth-order valence-corrected chi connectivity index (χ4v) is 9.93. The SMILES string of the molecule is N#Cc1c(Sc2c(F)c(F)c(Oc3c(F)c(F)c(C(F)(F)F)c(F)c3F)c(F)c2F)c(F)c(Sc2c(F)c(F)c(Oc3c(F)c(F)c(C(F)(F)F)c(F)c3F)c(F)c2F)c(F)c1Sc1c(F)c(F)c(Oc2c(F)c(F)c(C(F)(F)F)c(F)c2F)c(F)c1F. The van der Waals surface area contributed by atoms with E-state index in [0.29, 0.717) is 6.07 Å². The topological polar surface area (TPSA) is 51.5 Å². The quantitative estimate of drug-likeness (QED) is 0.0892. The summed E-state index contributed by atoms with van der Waals surface area (Å²) >= 11 is -4.61. The van der Waals surface area contributed by atoms with Gasteiger partial charge in [-0.25, -0.2) is 61.5 Å². The van der Waals surface area contributed by atoms with Crippen molar-refractivity contribution in [1.29, 1.82) is 5.26 Å². The Kier molecular flexibility index (Phi) is 18.1. The molecule has 0 aliphatic rings. The predicted octanol–water partition coefficient (Wildman–Crippen LogP) is 20.1. The zero-order valence-corrected chi connectivity index (χ0v) is 41.6. The lowest BCUT2D eigenvalue weighted by atomic mass is 10.1. The Morgan fingerprint density at radius 2 is 0.364 bits per heavy atom. The van der Waals surface area contributed by atoms with Crippen LogP contribution in [0.15, 0.2) is 29.4 Å². The second-order valence-electron chi connectivity index (χ2n) is 15.8. The van der Waals surface area contributed by atoms with Crippen molar-refractivity contribution in [2.75, 3.05) is 0 Å². The summed E-state index contributed by atoms with van der Waals surface area (Å²) in [6, 6.07) is 0.603. The summed E-state index contributed by atoms with van der Waals surface area (Å²) in [5, 5.41) is 10.0. The molecule has 0 unspecified atom stereocenters. The molecule has 0 radical (unpaired) electrons. The molecule has 0 aliphatic carbocycles. The first-order valence-corrected chi connectivity index (χ1v) is 23.2. The summed E-state index contributed by atoms with van der Waals surface area (Å²) in [7, 11) is 0. The Balaban J connectivity index is 1.45. The zero-order chi connectivity index (χ0) is 66.7. The van der Waals surface area contributed by atoms with E-state index in [1.54, 1.807) is 0 Å². The highest BCUT2D eigenvalue weighted by molar-refractivity contribution is 8.01. The lowest BCUT2D eigenvalue weighted by Gasteiger charge is -2.19. The summed E-state index contributed by atoms with van der Waals surface area (Å²) in [5.74, 6) is -104. The van der Waals surface area contributed by atoms with Gasteiger partial charge in [0.1, 0.15) is 22.8 Å². The van der Waals surface area contributed by atoms with Gasteiger partial charge in [0, 0.05) is 0 Å². The molecule has 0 spiro atoms. The van der Waals surface area contributed by atoms with Gasteiger partial charge in [-0.05, 0) is 0 Å². The van der Waals surface area contributed by atoms with Crippen molar-refractivity contribution in [3.05, 3.63) is 174 Å². The third kappa shape index (κ3) is 11.1. The maximum atomic E-state index is 16.8. The molecule has 0 heterocycles. The van der Waals surface area contributed by atoms with Crippen LogP contribution in [-0.2, 0) is 18.5 Å². The molecule has 7 aromatic rings. The molecular formula is C46F35NO3S3. The van der Waals surface area contributed by atoms with Gasteiger partial charge in [0.25, 0.3) is 0 Å². The average molecular weight is 1380 g/mol. The molecule has 0 saturated carbocycles. The average Bonchev–Trinajstić information content (AvgIpc) is 0.967. The second-order valence-corrected chi connectivity index (χ2v) is 18.9. The number of nitriles is 1. The van der Waals surface area contributed by atoms with Crippen LogP contribution in [0.5, 0.6) is 34.5 Å². The van der Waals surface area contributed by atoms with Crippen molar-refractivity contribution in [3.63, 3.8) is 0 Å². The summed E-state index contributed by atoms with van der Waals surface area (Å²) < 4.78 is 524. The van der Waals surface area contributed by atoms with Gasteiger partial charge in [-0.2, -0.15) is 97.5 Å². The van der Waals surface area contributed by atoms with E-state index in [-0.39, 0.29) is 0 Å². The number of hydrogen-bond acceptors (Lipinski definition) is 7. The van der Waals surface area contributed by atoms with Crippen LogP contribution in [0, 0.1) is 163 Å². The number of alkyl halides is 9. The predicted molar refractivity (Wildman–Crippen MR) is 216 cm³/mol. The van der Waals surface area contributed by atoms with E-state index in [2.05, 4.69) is 14.2 Å². The molecule has 0 amide bonds. The van der Waals surface area contributed by atoms with Crippen LogP contribution in [0.25, 0.3) is 0 Å². The Morgan fingerprint density at radius 3 is 0.523 bits per heavy atom. The van der Waals surface area contributed by atoms with Gasteiger partial charge in [0.05, 0.1) is 34.9 Å². The minimum absolute atomic E-state index is 0.603. The van der Waals surface area contributed by atoms with Gasteiger partial charge < -0.3 is 14.2 Å². The Hall–Kier alpha value is -7.97. The van der Waals surface area contributed by atoms with Crippen molar-refractivity contribution in [3.8, 4) is 40.6 Å². The van der Waals surface area contributed by atoms with Crippen LogP contribution < -0.4 is 14.2 Å². The minimum Gasteiger partial charge on any atom is -0.444 e. The van der Waals surface area contributed by atoms with Gasteiger partial charge in [-0.15, -0.1) is 0 Å². The highest BCUT2D eigenvalue weighted by Gasteiger charge is 2.47. The summed E-state index contributed by atoms with van der Waals surface area (Å²) in [4.78, 5) is -15.5. The fraction of sp³-hybridized carbons (Fsp3) is 0.0652. The van der Waals surface area contributed by atoms with Crippen molar-refractivity contribution in [2.45, 2.75) is 47.9 Å². The number of halogens is 35. The molecular weight excluding hydrogens is 1380 g/mol. The van der Waals surface area contributed by atoms with E-state index in [1.165, 1.54) is 0 Å². The number of ether oxygens (including phenoxy) is 3. The van der Waals surface area contributed by atoms with Gasteiger partial charge in [-0.3, -0.25) is 0 Å². The van der Waals surface area contributed by atoms with E-state index in [9.17, 15) is 97.5 Å². The molecule has 0 bridgehead atoms. The third-order valence-corrected chi connectivity index (χ3v) is 14.1. The molecule has 0 aliphatic heterocycles. The van der Waals surface area contributed by atoms with E-state index < -0.39 is 291 Å². The summed E-state index contributed by atoms with van der Waals surface area (Å²) in [6.45, 7) is 0. The molecule has 7 rings (SSSR count). The molecule has 0 saturated heterocycles. The lowest BCUT2D eigenvalue weighted by Crippen LogP contribution is -2.16. The number of nitrogens with zero attached hydrogens (tertiary/aromatic N) is 1. The molecule has 470 valence electrons. The first-order valence-electron chi connectivity index (χ1n) is 20.8. The highest BCUT2D eigenvalue weighted by atomic mass is 32.2. The van der Waals surface area contributed by atoms with Crippen molar-refractivity contribution in [2.24, 2.45) is 0 Å². The van der Waals surface area contributed by atoms with E-state index in [0.717, 1.165) is 0 Å². The van der Waals surface area contributed by atoms with E-state index >= 15 is 61.5 Å². The molecule has 7 aromatic carbocycles. The Labute approximate surface area is 469 Å². The summed E-state index contributed by atoms with van der Waals surface area (Å²) in [6.07, 6.45) is -19.0. The molecule has 4 nitrogen and oxygen atoms in total. The van der Waals surface area contributed by atoms with Crippen LogP contribution in [0.3, 0.4) is 0 Å². The first kappa shape index (κ1) is 67.5. The maximum Gasteiger partial charge on any atom is 0.422 e. The van der Waals surface area contributed by atoms with Crippen LogP contribution in [0.2, 0.25) is 0 Å². The number of benzene rings is 7. The monoisotopic (exact) mass is 1370 g/mol. The van der Waals surface area contributed by atoms with E-state index in [1.807, 2.05) is 0 Å². The van der Waals surface area contributed by atoms with Crippen LogP contribution >= 0.6 is 35.3 Å². The first-order chi connectivity index (χ1) is 40.4. The number of hydrogen-bond donors (Lipinski definition) is 0. The van der Waals surface area contributed by atoms with Gasteiger partial charge in [-0.1, -0.05) is 35.3 Å². The van der Waals surface area contributed by atoms with Crippen LogP contribution in [0.1, 0.15) is 22.3 Å². The number of rotatable bonds is 12. The zero-order valence-electron chi connectivity index (χ0n) is 39.1. The van der Waals surface area contributed by atoms with Crippen LogP contribution in [0.4, 0.5) is 154 Å². The highest BCUT2D eigenvalue weighted by Crippen LogP contribution is 2.53. The fourth-order valence-electron chi connectivity index (χ4n) is 6.78. The second kappa shape index (κ2) is 23.5. The maximum absolute atomic E-state index is 16.8. The Bertz CT molecular complexity index is 3860. The molecule has 0 aromatic heterocycles. The van der Waals surface area contributed by atoms with Gasteiger partial charge in [0.2, 0.25) is 104 Å². The Morgan fingerprint density at radius 1 is 0.216 bits per heavy atom. The lowest BCUT2D eigenvalue weighted by molar-refractivity contribution is -0.144. The van der Waals surface area contributed by atoms with Crippen LogP contribution in [-0.4, -0.2) is 0 Å².